The SMILES string of the molecule is Br.O=C(CN(C1=NCCCCC1)c1ccc2c(c1)OCO2)c1ccc(Br)cc1. The van der Waals surface area contributed by atoms with E-state index in [-0.39, 0.29) is 36.1 Å². The van der Waals surface area contributed by atoms with Gasteiger partial charge in [-0.05, 0) is 37.1 Å². The van der Waals surface area contributed by atoms with Gasteiger partial charge < -0.3 is 14.4 Å². The number of carbonyl (C=O) groups excluding carboxylic acids is 1. The fourth-order valence-corrected chi connectivity index (χ4v) is 3.60. The highest BCUT2D eigenvalue weighted by atomic mass is 79.9. The van der Waals surface area contributed by atoms with Crippen LogP contribution in [0.5, 0.6) is 11.5 Å². The lowest BCUT2D eigenvalue weighted by molar-refractivity contribution is 0.100. The standard InChI is InChI=1S/C21H21BrN2O3.BrH/c22-16-7-5-15(6-8-16)18(25)13-24(21-4-2-1-3-11-23-21)17-9-10-19-20(12-17)27-14-26-19;/h5-10,12H,1-4,11,13-14H2;1H. The van der Waals surface area contributed by atoms with E-state index in [9.17, 15) is 4.79 Å². The number of Topliss-reactive ketones (excluding diaryl/α,β-unsaturated/α-hetero) is 1. The summed E-state index contributed by atoms with van der Waals surface area (Å²) in [4.78, 5) is 19.7. The van der Waals surface area contributed by atoms with Crippen LogP contribution in [-0.2, 0) is 0 Å². The highest BCUT2D eigenvalue weighted by molar-refractivity contribution is 9.10. The van der Waals surface area contributed by atoms with Crippen molar-refractivity contribution < 1.29 is 14.3 Å². The molecule has 7 heteroatoms. The Labute approximate surface area is 183 Å². The number of benzene rings is 2. The van der Waals surface area contributed by atoms with Crippen molar-refractivity contribution in [3.63, 3.8) is 0 Å². The molecule has 0 saturated heterocycles. The Kier molecular flexibility index (Phi) is 7.13. The van der Waals surface area contributed by atoms with E-state index in [1.165, 1.54) is 6.42 Å². The molecule has 2 aromatic carbocycles. The number of carbonyl (C=O) groups is 1. The molecule has 5 nitrogen and oxygen atoms in total. The lowest BCUT2D eigenvalue weighted by Gasteiger charge is -2.26. The minimum Gasteiger partial charge on any atom is -0.454 e. The summed E-state index contributed by atoms with van der Waals surface area (Å²) in [5.74, 6) is 2.48. The summed E-state index contributed by atoms with van der Waals surface area (Å²) in [5, 5.41) is 0. The number of ether oxygens (including phenoxy) is 2. The molecule has 0 aromatic heterocycles. The van der Waals surface area contributed by atoms with Crippen molar-refractivity contribution >= 4 is 50.2 Å². The smallest absolute Gasteiger partial charge is 0.231 e. The van der Waals surface area contributed by atoms with Gasteiger partial charge in [0.05, 0.1) is 6.54 Å². The molecule has 2 heterocycles. The van der Waals surface area contributed by atoms with Crippen LogP contribution >= 0.6 is 32.9 Å². The van der Waals surface area contributed by atoms with Crippen LogP contribution in [0, 0.1) is 0 Å². The van der Waals surface area contributed by atoms with Gasteiger partial charge in [-0.2, -0.15) is 0 Å². The van der Waals surface area contributed by atoms with Gasteiger partial charge in [0.2, 0.25) is 6.79 Å². The van der Waals surface area contributed by atoms with E-state index in [1.54, 1.807) is 0 Å². The summed E-state index contributed by atoms with van der Waals surface area (Å²) < 4.78 is 11.9. The molecule has 0 unspecified atom stereocenters. The first-order valence-corrected chi connectivity index (χ1v) is 9.99. The van der Waals surface area contributed by atoms with E-state index in [0.717, 1.165) is 47.6 Å². The molecule has 2 aliphatic heterocycles. The molecule has 0 N–H and O–H groups in total. The molecule has 0 spiro atoms. The topological polar surface area (TPSA) is 51.1 Å². The van der Waals surface area contributed by atoms with Gasteiger partial charge in [0, 0.05) is 34.8 Å². The summed E-state index contributed by atoms with van der Waals surface area (Å²) in [6.45, 7) is 1.29. The largest absolute Gasteiger partial charge is 0.454 e. The first kappa shape index (κ1) is 20.9. The van der Waals surface area contributed by atoms with Gasteiger partial charge in [-0.3, -0.25) is 9.79 Å². The second-order valence-corrected chi connectivity index (χ2v) is 7.58. The van der Waals surface area contributed by atoms with Gasteiger partial charge >= 0.3 is 0 Å². The minimum absolute atomic E-state index is 0. The molecule has 0 radical (unpaired) electrons. The van der Waals surface area contributed by atoms with Crippen LogP contribution in [0.4, 0.5) is 5.69 Å². The maximum absolute atomic E-state index is 12.9. The number of nitrogens with zero attached hydrogens (tertiary/aromatic N) is 2. The normalized spacial score (nSPS) is 15.2. The number of anilines is 1. The molecule has 0 atom stereocenters. The Morgan fingerprint density at radius 2 is 1.82 bits per heavy atom. The number of fused-ring (bicyclic) bond motifs is 1. The second kappa shape index (κ2) is 9.56. The Morgan fingerprint density at radius 1 is 1.04 bits per heavy atom. The fraction of sp³-hybridized carbons (Fsp3) is 0.333. The molecule has 148 valence electrons. The van der Waals surface area contributed by atoms with E-state index in [4.69, 9.17) is 14.5 Å². The first-order chi connectivity index (χ1) is 13.2. The Balaban J connectivity index is 0.00000225. The van der Waals surface area contributed by atoms with Gasteiger partial charge in [-0.1, -0.05) is 34.5 Å². The van der Waals surface area contributed by atoms with Crippen LogP contribution in [0.15, 0.2) is 51.9 Å². The van der Waals surface area contributed by atoms with E-state index in [0.29, 0.717) is 11.3 Å². The van der Waals surface area contributed by atoms with Gasteiger partial charge in [0.25, 0.3) is 0 Å². The van der Waals surface area contributed by atoms with E-state index in [2.05, 4.69) is 15.9 Å². The summed E-state index contributed by atoms with van der Waals surface area (Å²) in [5.41, 5.74) is 1.60. The quantitative estimate of drug-likeness (QED) is 0.516. The average molecular weight is 510 g/mol. The number of hydrogen-bond acceptors (Lipinski definition) is 5. The highest BCUT2D eigenvalue weighted by Crippen LogP contribution is 2.36. The van der Waals surface area contributed by atoms with Gasteiger partial charge in [0.15, 0.2) is 17.3 Å². The van der Waals surface area contributed by atoms with Crippen LogP contribution in [0.25, 0.3) is 0 Å². The molecule has 0 saturated carbocycles. The van der Waals surface area contributed by atoms with Crippen molar-refractivity contribution in [2.75, 3.05) is 24.8 Å². The van der Waals surface area contributed by atoms with Crippen molar-refractivity contribution in [2.24, 2.45) is 4.99 Å². The monoisotopic (exact) mass is 508 g/mol. The summed E-state index contributed by atoms with van der Waals surface area (Å²) >= 11 is 3.42. The summed E-state index contributed by atoms with van der Waals surface area (Å²) in [6, 6.07) is 13.3. The maximum Gasteiger partial charge on any atom is 0.231 e. The van der Waals surface area contributed by atoms with E-state index < -0.39 is 0 Å². The van der Waals surface area contributed by atoms with Crippen molar-refractivity contribution in [2.45, 2.75) is 25.7 Å². The van der Waals surface area contributed by atoms with Crippen molar-refractivity contribution in [1.82, 2.24) is 0 Å². The third-order valence-corrected chi connectivity index (χ3v) is 5.33. The maximum atomic E-state index is 12.9. The van der Waals surface area contributed by atoms with Gasteiger partial charge in [-0.25, -0.2) is 0 Å². The predicted octanol–water partition coefficient (Wildman–Crippen LogP) is 5.42. The van der Waals surface area contributed by atoms with Crippen LogP contribution in [0.2, 0.25) is 0 Å². The molecule has 2 aromatic rings. The van der Waals surface area contributed by atoms with Crippen LogP contribution in [0.1, 0.15) is 36.0 Å². The lowest BCUT2D eigenvalue weighted by Crippen LogP contribution is -2.36. The molecule has 28 heavy (non-hydrogen) atoms. The van der Waals surface area contributed by atoms with Crippen molar-refractivity contribution in [3.05, 3.63) is 52.5 Å². The average Bonchev–Trinajstić information content (AvgIpc) is 2.99. The Morgan fingerprint density at radius 3 is 2.64 bits per heavy atom. The molecular formula is C21H22Br2N2O3. The Hall–Kier alpha value is -1.86. The molecule has 0 fully saturated rings. The van der Waals surface area contributed by atoms with E-state index in [1.807, 2.05) is 47.4 Å². The molecule has 2 aliphatic rings. The summed E-state index contributed by atoms with van der Waals surface area (Å²) in [6.07, 6.45) is 4.23. The number of hydrogen-bond donors (Lipinski definition) is 0. The minimum atomic E-state index is 0. The van der Waals surface area contributed by atoms with Crippen LogP contribution in [-0.4, -0.2) is 31.5 Å². The number of aliphatic imine (C=N–C) groups is 1. The molecule has 0 bridgehead atoms. The van der Waals surface area contributed by atoms with Crippen LogP contribution in [0.3, 0.4) is 0 Å². The molecule has 0 aliphatic carbocycles. The number of ketones is 1. The highest BCUT2D eigenvalue weighted by Gasteiger charge is 2.22. The van der Waals surface area contributed by atoms with E-state index >= 15 is 0 Å². The lowest BCUT2D eigenvalue weighted by atomic mass is 10.1. The first-order valence-electron chi connectivity index (χ1n) is 9.20. The third-order valence-electron chi connectivity index (χ3n) is 4.80. The second-order valence-electron chi connectivity index (χ2n) is 6.66. The van der Waals surface area contributed by atoms with Crippen LogP contribution < -0.4 is 14.4 Å². The summed E-state index contributed by atoms with van der Waals surface area (Å²) in [7, 11) is 0. The zero-order valence-corrected chi connectivity index (χ0v) is 18.7. The molecular weight excluding hydrogens is 488 g/mol. The molecule has 4 rings (SSSR count). The van der Waals surface area contributed by atoms with Gasteiger partial charge in [0.1, 0.15) is 5.84 Å². The fourth-order valence-electron chi connectivity index (χ4n) is 3.33. The third kappa shape index (κ3) is 4.75. The van der Waals surface area contributed by atoms with Crippen molar-refractivity contribution in [1.29, 1.82) is 0 Å². The number of halogens is 2. The van der Waals surface area contributed by atoms with Gasteiger partial charge in [-0.15, -0.1) is 17.0 Å². The predicted molar refractivity (Wildman–Crippen MR) is 119 cm³/mol. The number of amidine groups is 1. The zero-order valence-electron chi connectivity index (χ0n) is 15.4. The Bertz CT molecular complexity index is 868. The van der Waals surface area contributed by atoms with Crippen molar-refractivity contribution in [3.8, 4) is 11.5 Å². The number of rotatable bonds is 4. The zero-order chi connectivity index (χ0) is 18.6. The molecule has 0 amide bonds.